The first-order valence-electron chi connectivity index (χ1n) is 4.79. The molecule has 1 nitrogen and oxygen atoms in total. The van der Waals surface area contributed by atoms with Gasteiger partial charge in [0.15, 0.2) is 0 Å². The summed E-state index contributed by atoms with van der Waals surface area (Å²) in [6.45, 7) is 10.2. The minimum Gasteiger partial charge on any atom is -0.372 e. The van der Waals surface area contributed by atoms with Crippen molar-refractivity contribution < 1.29 is 0 Å². The first-order valence-corrected chi connectivity index (χ1v) is 4.79. The van der Waals surface area contributed by atoms with Gasteiger partial charge in [-0.2, -0.15) is 0 Å². The van der Waals surface area contributed by atoms with Crippen LogP contribution in [0.3, 0.4) is 0 Å². The van der Waals surface area contributed by atoms with E-state index in [1.54, 1.807) is 0 Å². The number of anilines is 1. The fraction of sp³-hybridized carbons (Fsp3) is 0.333. The van der Waals surface area contributed by atoms with Crippen LogP contribution in [0.15, 0.2) is 30.8 Å². The van der Waals surface area contributed by atoms with Crippen molar-refractivity contribution in [2.75, 3.05) is 18.0 Å². The van der Waals surface area contributed by atoms with Gasteiger partial charge in [-0.15, -0.1) is 49.6 Å². The van der Waals surface area contributed by atoms with Crippen LogP contribution >= 0.6 is 49.6 Å². The van der Waals surface area contributed by atoms with E-state index in [-0.39, 0.29) is 49.6 Å². The van der Waals surface area contributed by atoms with Crippen LogP contribution in [0.1, 0.15) is 19.4 Å². The fourth-order valence-electron chi connectivity index (χ4n) is 1.41. The lowest BCUT2D eigenvalue weighted by Crippen LogP contribution is -2.21. The van der Waals surface area contributed by atoms with Crippen molar-refractivity contribution in [1.82, 2.24) is 0 Å². The van der Waals surface area contributed by atoms with E-state index < -0.39 is 0 Å². The summed E-state index contributed by atoms with van der Waals surface area (Å²) in [6.07, 6.45) is 1.87. The predicted octanol–water partition coefficient (Wildman–Crippen LogP) is 4.86. The van der Waals surface area contributed by atoms with E-state index in [1.165, 1.54) is 11.3 Å². The molecule has 0 aromatic heterocycles. The summed E-state index contributed by atoms with van der Waals surface area (Å²) in [7, 11) is 0. The number of nitrogens with zero attached hydrogens (tertiary/aromatic N) is 1. The summed E-state index contributed by atoms with van der Waals surface area (Å²) >= 11 is 0. The van der Waals surface area contributed by atoms with Gasteiger partial charge in [-0.05, 0) is 31.5 Å². The summed E-state index contributed by atoms with van der Waals surface area (Å²) in [6, 6.07) is 8.48. The highest BCUT2D eigenvalue weighted by Gasteiger charge is 1.99. The maximum Gasteiger partial charge on any atom is 0.0366 e. The largest absolute Gasteiger partial charge is 0.372 e. The van der Waals surface area contributed by atoms with Crippen LogP contribution in [0.25, 0.3) is 6.08 Å². The van der Waals surface area contributed by atoms with Crippen molar-refractivity contribution in [2.24, 2.45) is 0 Å². The van der Waals surface area contributed by atoms with Crippen LogP contribution in [0, 0.1) is 0 Å². The number of halogens is 4. The molecule has 0 saturated heterocycles. The van der Waals surface area contributed by atoms with Crippen molar-refractivity contribution in [3.05, 3.63) is 36.4 Å². The molecule has 0 bridgehead atoms. The molecule has 102 valence electrons. The van der Waals surface area contributed by atoms with Gasteiger partial charge >= 0.3 is 0 Å². The van der Waals surface area contributed by atoms with Gasteiger partial charge in [-0.3, -0.25) is 0 Å². The lowest BCUT2D eigenvalue weighted by atomic mass is 10.2. The second-order valence-corrected chi connectivity index (χ2v) is 2.97. The van der Waals surface area contributed by atoms with Gasteiger partial charge in [0.1, 0.15) is 0 Å². The molecule has 0 aliphatic carbocycles. The second-order valence-electron chi connectivity index (χ2n) is 2.97. The zero-order valence-corrected chi connectivity index (χ0v) is 13.4. The van der Waals surface area contributed by atoms with Crippen molar-refractivity contribution in [3.8, 4) is 0 Å². The van der Waals surface area contributed by atoms with E-state index in [9.17, 15) is 0 Å². The number of hydrogen-bond acceptors (Lipinski definition) is 1. The van der Waals surface area contributed by atoms with Gasteiger partial charge in [0, 0.05) is 18.8 Å². The van der Waals surface area contributed by atoms with E-state index in [2.05, 4.69) is 49.6 Å². The second kappa shape index (κ2) is 14.0. The maximum atomic E-state index is 3.73. The number of rotatable bonds is 4. The quantitative estimate of drug-likeness (QED) is 0.765. The van der Waals surface area contributed by atoms with Crippen LogP contribution < -0.4 is 4.90 Å². The van der Waals surface area contributed by atoms with Crippen molar-refractivity contribution in [3.63, 3.8) is 0 Å². The molecular weight excluding hydrogens is 300 g/mol. The molecule has 0 N–H and O–H groups in total. The lowest BCUT2D eigenvalue weighted by Gasteiger charge is -2.20. The molecule has 1 rings (SSSR count). The Bertz CT molecular complexity index is 270. The average Bonchev–Trinajstić information content (AvgIpc) is 2.21. The van der Waals surface area contributed by atoms with Crippen LogP contribution in [-0.4, -0.2) is 13.1 Å². The smallest absolute Gasteiger partial charge is 0.0366 e. The lowest BCUT2D eigenvalue weighted by molar-refractivity contribution is 0.866. The third-order valence-electron chi connectivity index (χ3n) is 2.26. The van der Waals surface area contributed by atoms with Gasteiger partial charge in [0.2, 0.25) is 0 Å². The number of benzene rings is 1. The number of hydrogen-bond donors (Lipinski definition) is 0. The van der Waals surface area contributed by atoms with Crippen molar-refractivity contribution in [2.45, 2.75) is 13.8 Å². The van der Waals surface area contributed by atoms with Crippen LogP contribution in [0.5, 0.6) is 0 Å². The Morgan fingerprint density at radius 3 is 1.65 bits per heavy atom. The fourth-order valence-corrected chi connectivity index (χ4v) is 1.41. The molecule has 17 heavy (non-hydrogen) atoms. The van der Waals surface area contributed by atoms with Crippen molar-refractivity contribution in [1.29, 1.82) is 0 Å². The van der Waals surface area contributed by atoms with Gasteiger partial charge in [0.05, 0.1) is 0 Å². The molecule has 0 saturated carbocycles. The molecule has 5 heteroatoms. The van der Waals surface area contributed by atoms with E-state index in [1.807, 2.05) is 6.08 Å². The van der Waals surface area contributed by atoms with E-state index in [0.29, 0.717) is 0 Å². The zero-order valence-electron chi connectivity index (χ0n) is 10.1. The summed E-state index contributed by atoms with van der Waals surface area (Å²) in [5, 5.41) is 0. The van der Waals surface area contributed by atoms with Gasteiger partial charge < -0.3 is 4.90 Å². The Labute approximate surface area is 129 Å². The molecule has 0 spiro atoms. The highest BCUT2D eigenvalue weighted by Crippen LogP contribution is 2.14. The van der Waals surface area contributed by atoms with E-state index in [0.717, 1.165) is 13.1 Å². The highest BCUT2D eigenvalue weighted by molar-refractivity contribution is 5.86. The zero-order chi connectivity index (χ0) is 9.68. The molecule has 0 radical (unpaired) electrons. The molecule has 1 aromatic carbocycles. The van der Waals surface area contributed by atoms with Gasteiger partial charge in [0.25, 0.3) is 0 Å². The normalized spacial score (nSPS) is 7.41. The highest BCUT2D eigenvalue weighted by atomic mass is 35.5. The third-order valence-corrected chi connectivity index (χ3v) is 2.26. The van der Waals surface area contributed by atoms with Crippen molar-refractivity contribution >= 4 is 61.4 Å². The minimum atomic E-state index is 0. The van der Waals surface area contributed by atoms with Crippen LogP contribution in [0.4, 0.5) is 5.69 Å². The topological polar surface area (TPSA) is 3.24 Å². The Balaban J connectivity index is -0.000000211. The maximum absolute atomic E-state index is 3.73. The molecule has 0 aliphatic rings. The monoisotopic (exact) mass is 319 g/mol. The van der Waals surface area contributed by atoms with Gasteiger partial charge in [-0.25, -0.2) is 0 Å². The average molecular weight is 321 g/mol. The van der Waals surface area contributed by atoms with Crippen LogP contribution in [0.2, 0.25) is 0 Å². The molecule has 0 heterocycles. The first kappa shape index (κ1) is 25.7. The molecular formula is C12H21Cl4N. The van der Waals surface area contributed by atoms with Crippen LogP contribution in [-0.2, 0) is 0 Å². The Morgan fingerprint density at radius 2 is 1.35 bits per heavy atom. The molecule has 0 atom stereocenters. The molecule has 1 aromatic rings. The minimum absolute atomic E-state index is 0. The summed E-state index contributed by atoms with van der Waals surface area (Å²) in [5.41, 5.74) is 2.46. The summed E-state index contributed by atoms with van der Waals surface area (Å²) in [4.78, 5) is 2.33. The first-order chi connectivity index (χ1) is 6.31. The van der Waals surface area contributed by atoms with E-state index in [4.69, 9.17) is 0 Å². The van der Waals surface area contributed by atoms with E-state index >= 15 is 0 Å². The SMILES string of the molecule is C=Cc1ccc(N(CC)CC)cc1.Cl.Cl.Cl.Cl. The summed E-state index contributed by atoms with van der Waals surface area (Å²) < 4.78 is 0. The Kier molecular flexibility index (Phi) is 21.1. The predicted molar refractivity (Wildman–Crippen MR) is 89.1 cm³/mol. The Morgan fingerprint density at radius 1 is 0.941 bits per heavy atom. The van der Waals surface area contributed by atoms with Gasteiger partial charge in [-0.1, -0.05) is 24.8 Å². The summed E-state index contributed by atoms with van der Waals surface area (Å²) in [5.74, 6) is 0. The Hall–Kier alpha value is -0.0800. The third kappa shape index (κ3) is 7.77. The standard InChI is InChI=1S/C12H17N.4ClH/c1-4-11-7-9-12(10-8-11)13(5-2)6-3;;;;/h4,7-10H,1,5-6H2,2-3H3;4*1H. The molecule has 0 fully saturated rings. The molecule has 0 unspecified atom stereocenters. The molecule has 0 aliphatic heterocycles. The molecule has 0 amide bonds.